The minimum Gasteiger partial charge on any atom is -0.507 e. The van der Waals surface area contributed by atoms with Gasteiger partial charge in [-0.3, -0.25) is 0 Å². The number of phenolic OH excluding ortho intramolecular Hbond substituents is 8. The van der Waals surface area contributed by atoms with Crippen LogP contribution in [0.2, 0.25) is 0 Å². The fourth-order valence-electron chi connectivity index (χ4n) is 7.45. The molecule has 0 fully saturated rings. The summed E-state index contributed by atoms with van der Waals surface area (Å²) in [5, 5.41) is 78.5. The molecule has 0 saturated heterocycles. The fraction of sp³-hybridized carbons (Fsp3) is 0.226. The zero-order valence-corrected chi connectivity index (χ0v) is 43.6. The number of alkyl halides is 3. The van der Waals surface area contributed by atoms with Crippen molar-refractivity contribution in [3.63, 3.8) is 0 Å². The standard InChI is InChI=1S/C11H13F3.C10H12O2.3C10H8O2.C9H12O2.C2H6/c1-7(2)9-4-8(3)5-10(6-9)11(12,13)14;1-7(2)8-4-3-5-9-10(8)12-6-11-9;3*11-9-5-1-3-7-8(9)4-2-6-10(7)12;1-6(2)7-3-4-8(10)9(11)5-7;1-2/h4-7H,1-3H3;3-5,7H,6H2,1-2H3;3*1-6,11-12H;3-6,10-11H,1-2H3;1-2H3. The lowest BCUT2D eigenvalue weighted by atomic mass is 9.98. The van der Waals surface area contributed by atoms with Crippen molar-refractivity contribution in [1.29, 1.82) is 0 Å². The van der Waals surface area contributed by atoms with E-state index in [2.05, 4.69) is 19.9 Å². The van der Waals surface area contributed by atoms with Crippen LogP contribution >= 0.6 is 0 Å². The zero-order chi connectivity index (χ0) is 55.6. The number of rotatable bonds is 3. The first kappa shape index (κ1) is 59.1. The van der Waals surface area contributed by atoms with E-state index in [0.717, 1.165) is 22.6 Å². The van der Waals surface area contributed by atoms with Gasteiger partial charge in [0, 0.05) is 37.9 Å². The molecule has 1 heterocycles. The van der Waals surface area contributed by atoms with Gasteiger partial charge in [-0.2, -0.15) is 13.2 Å². The van der Waals surface area contributed by atoms with E-state index in [1.54, 1.807) is 134 Å². The monoisotopic (exact) mass is 1030 g/mol. The van der Waals surface area contributed by atoms with E-state index in [-0.39, 0.29) is 51.9 Å². The summed E-state index contributed by atoms with van der Waals surface area (Å²) in [6.45, 7) is 18.2. The molecule has 0 amide bonds. The van der Waals surface area contributed by atoms with E-state index < -0.39 is 11.7 Å². The average molecular weight is 1030 g/mol. The first-order chi connectivity index (χ1) is 35.6. The van der Waals surface area contributed by atoms with Crippen LogP contribution in [0, 0.1) is 6.92 Å². The van der Waals surface area contributed by atoms with Crippen LogP contribution in [0.3, 0.4) is 0 Å². The van der Waals surface area contributed by atoms with Gasteiger partial charge in [-0.15, -0.1) is 0 Å². The fourth-order valence-corrected chi connectivity index (χ4v) is 7.45. The Morgan fingerprint density at radius 3 is 1.09 bits per heavy atom. The van der Waals surface area contributed by atoms with Crippen molar-refractivity contribution in [2.75, 3.05) is 6.79 Å². The summed E-state index contributed by atoms with van der Waals surface area (Å²) in [7, 11) is 0. The van der Waals surface area contributed by atoms with Gasteiger partial charge in [0.2, 0.25) is 6.79 Å². The summed E-state index contributed by atoms with van der Waals surface area (Å²) >= 11 is 0. The van der Waals surface area contributed by atoms with Crippen molar-refractivity contribution < 1.29 is 63.5 Å². The van der Waals surface area contributed by atoms with E-state index in [1.807, 2.05) is 53.7 Å². The summed E-state index contributed by atoms with van der Waals surface area (Å²) < 4.78 is 47.9. The number of hydrogen-bond donors (Lipinski definition) is 8. The first-order valence-corrected chi connectivity index (χ1v) is 24.3. The maximum atomic E-state index is 12.4. The van der Waals surface area contributed by atoms with Crippen molar-refractivity contribution in [1.82, 2.24) is 0 Å². The highest BCUT2D eigenvalue weighted by atomic mass is 19.4. The minimum atomic E-state index is -4.24. The summed E-state index contributed by atoms with van der Waals surface area (Å²) in [5.74, 6) is 3.86. The van der Waals surface area contributed by atoms with Gasteiger partial charge in [0.25, 0.3) is 0 Å². The van der Waals surface area contributed by atoms with E-state index in [0.29, 0.717) is 56.5 Å². The number of ether oxygens (including phenoxy) is 2. The quantitative estimate of drug-likeness (QED) is 0.0794. The van der Waals surface area contributed by atoms with Crippen molar-refractivity contribution in [2.24, 2.45) is 0 Å². The Hall–Kier alpha value is -8.45. The van der Waals surface area contributed by atoms with Gasteiger partial charge < -0.3 is 50.3 Å². The number of hydrogen-bond acceptors (Lipinski definition) is 10. The first-order valence-electron chi connectivity index (χ1n) is 24.3. The van der Waals surface area contributed by atoms with Gasteiger partial charge in [-0.1, -0.05) is 158 Å². The third-order valence-corrected chi connectivity index (χ3v) is 11.4. The number of aryl methyl sites for hydroxylation is 1. The third-order valence-electron chi connectivity index (χ3n) is 11.4. The Morgan fingerprint density at radius 2 is 0.760 bits per heavy atom. The molecule has 0 bridgehead atoms. The maximum absolute atomic E-state index is 12.4. The number of fused-ring (bicyclic) bond motifs is 4. The van der Waals surface area contributed by atoms with Crippen molar-refractivity contribution in [3.8, 4) is 57.5 Å². The highest BCUT2D eigenvalue weighted by molar-refractivity contribution is 5.94. The minimum absolute atomic E-state index is 0.0452. The van der Waals surface area contributed by atoms with Gasteiger partial charge in [-0.05, 0) is 103 Å². The molecule has 0 aliphatic carbocycles. The molecule has 9 aromatic rings. The lowest BCUT2D eigenvalue weighted by Crippen LogP contribution is -2.06. The highest BCUT2D eigenvalue weighted by Gasteiger charge is 2.31. The normalized spacial score (nSPS) is 11.1. The Bertz CT molecular complexity index is 2940. The van der Waals surface area contributed by atoms with Gasteiger partial charge in [0.1, 0.15) is 34.5 Å². The summed E-state index contributed by atoms with van der Waals surface area (Å²) in [6.07, 6.45) is -4.24. The SMILES string of the molecule is CC.CC(C)c1ccc(O)c(O)c1.CC(C)c1cccc2c1OCO2.Cc1cc(C(C)C)cc(C(F)(F)F)c1.Oc1cccc2c(O)cccc12.Oc1cccc2c(O)cccc12.Oc1cccc2c(O)cccc12. The predicted molar refractivity (Wildman–Crippen MR) is 294 cm³/mol. The molecule has 10 nitrogen and oxygen atoms in total. The molecule has 1 aliphatic rings. The molecule has 0 aromatic heterocycles. The lowest BCUT2D eigenvalue weighted by molar-refractivity contribution is -0.137. The Morgan fingerprint density at radius 1 is 0.387 bits per heavy atom. The molecule has 75 heavy (non-hydrogen) atoms. The van der Waals surface area contributed by atoms with Gasteiger partial charge >= 0.3 is 6.18 Å². The highest BCUT2D eigenvalue weighted by Crippen LogP contribution is 2.39. The van der Waals surface area contributed by atoms with Crippen molar-refractivity contribution >= 4 is 32.3 Å². The number of para-hydroxylation sites is 1. The van der Waals surface area contributed by atoms with Crippen LogP contribution in [-0.4, -0.2) is 47.6 Å². The number of benzene rings is 9. The molecule has 0 atom stereocenters. The molecule has 0 saturated carbocycles. The van der Waals surface area contributed by atoms with Gasteiger partial charge in [-0.25, -0.2) is 0 Å². The molecule has 10 rings (SSSR count). The molecule has 13 heteroatoms. The molecule has 0 radical (unpaired) electrons. The Kier molecular flexibility index (Phi) is 21.7. The molecule has 9 aromatic carbocycles. The molecule has 0 unspecified atom stereocenters. The zero-order valence-electron chi connectivity index (χ0n) is 43.6. The molecule has 8 N–H and O–H groups in total. The van der Waals surface area contributed by atoms with Crippen LogP contribution in [0.4, 0.5) is 13.2 Å². The maximum Gasteiger partial charge on any atom is 0.416 e. The van der Waals surface area contributed by atoms with Crippen LogP contribution in [0.5, 0.6) is 57.5 Å². The van der Waals surface area contributed by atoms with Crippen molar-refractivity contribution in [2.45, 2.75) is 86.2 Å². The molecule has 1 aliphatic heterocycles. The molecule has 396 valence electrons. The summed E-state index contributed by atoms with van der Waals surface area (Å²) in [6, 6.07) is 45.5. The molecule has 0 spiro atoms. The molecular weight excluding hydrogens is 962 g/mol. The predicted octanol–water partition coefficient (Wildman–Crippen LogP) is 16.7. The number of aromatic hydroxyl groups is 8. The van der Waals surface area contributed by atoms with E-state index >= 15 is 0 Å². The lowest BCUT2D eigenvalue weighted by Gasteiger charge is -2.12. The summed E-state index contributed by atoms with van der Waals surface area (Å²) in [4.78, 5) is 0. The largest absolute Gasteiger partial charge is 0.507 e. The number of halogens is 3. The second-order valence-corrected chi connectivity index (χ2v) is 17.9. The van der Waals surface area contributed by atoms with Crippen LogP contribution in [0.15, 0.2) is 164 Å². The van der Waals surface area contributed by atoms with E-state index in [4.69, 9.17) is 19.7 Å². The van der Waals surface area contributed by atoms with Gasteiger partial charge in [0.05, 0.1) is 5.56 Å². The van der Waals surface area contributed by atoms with Crippen LogP contribution in [0.25, 0.3) is 32.3 Å². The third kappa shape index (κ3) is 16.5. The Balaban J connectivity index is 0.000000194. The van der Waals surface area contributed by atoms with E-state index in [9.17, 15) is 43.8 Å². The molecular formula is C62H67F3O10. The van der Waals surface area contributed by atoms with Gasteiger partial charge in [0.15, 0.2) is 23.0 Å². The Labute approximate surface area is 436 Å². The second kappa shape index (κ2) is 27.6. The van der Waals surface area contributed by atoms with Crippen LogP contribution in [0.1, 0.15) is 101 Å². The summed E-state index contributed by atoms with van der Waals surface area (Å²) in [5.41, 5.74) is 3.09. The second-order valence-electron chi connectivity index (χ2n) is 17.9. The van der Waals surface area contributed by atoms with Crippen LogP contribution in [-0.2, 0) is 6.18 Å². The van der Waals surface area contributed by atoms with Crippen molar-refractivity contribution in [3.05, 3.63) is 192 Å². The van der Waals surface area contributed by atoms with E-state index in [1.165, 1.54) is 23.8 Å². The smallest absolute Gasteiger partial charge is 0.416 e. The average Bonchev–Trinajstić information content (AvgIpc) is 3.87. The van der Waals surface area contributed by atoms with Crippen LogP contribution < -0.4 is 9.47 Å². The number of phenols is 8. The topological polar surface area (TPSA) is 180 Å².